The number of carboxylic acids is 1. The van der Waals surface area contributed by atoms with Crippen LogP contribution in [0.25, 0.3) is 22.4 Å². The summed E-state index contributed by atoms with van der Waals surface area (Å²) in [4.78, 5) is 33.8. The molecular formula is C31H22F7N3O4. The summed E-state index contributed by atoms with van der Waals surface area (Å²) >= 11 is 0. The van der Waals surface area contributed by atoms with E-state index in [1.54, 1.807) is 13.0 Å². The van der Waals surface area contributed by atoms with Crippen molar-refractivity contribution in [3.05, 3.63) is 106 Å². The Hall–Kier alpha value is -5.01. The molecule has 234 valence electrons. The van der Waals surface area contributed by atoms with Crippen LogP contribution in [0.5, 0.6) is 0 Å². The average molecular weight is 634 g/mol. The monoisotopic (exact) mass is 633 g/mol. The Morgan fingerprint density at radius 1 is 0.911 bits per heavy atom. The van der Waals surface area contributed by atoms with E-state index in [0.717, 1.165) is 4.90 Å². The van der Waals surface area contributed by atoms with E-state index in [9.17, 15) is 41.0 Å². The van der Waals surface area contributed by atoms with Gasteiger partial charge in [-0.2, -0.15) is 26.3 Å². The van der Waals surface area contributed by atoms with E-state index in [4.69, 9.17) is 4.74 Å². The van der Waals surface area contributed by atoms with Crippen molar-refractivity contribution in [2.75, 3.05) is 0 Å². The molecule has 1 fully saturated rings. The number of carbonyl (C=O) groups is 2. The fourth-order valence-corrected chi connectivity index (χ4v) is 5.17. The number of carboxylic acid groups (broad SMARTS) is 1. The van der Waals surface area contributed by atoms with Gasteiger partial charge in [0.1, 0.15) is 11.9 Å². The van der Waals surface area contributed by atoms with Crippen molar-refractivity contribution in [3.63, 3.8) is 0 Å². The number of aryl methyl sites for hydroxylation is 1. The molecule has 2 heterocycles. The van der Waals surface area contributed by atoms with Gasteiger partial charge in [0.25, 0.3) is 0 Å². The summed E-state index contributed by atoms with van der Waals surface area (Å²) in [7, 11) is 0. The molecule has 1 N–H and O–H groups in total. The Kier molecular flexibility index (Phi) is 8.02. The van der Waals surface area contributed by atoms with Crippen LogP contribution >= 0.6 is 0 Å². The number of hydrogen-bond acceptors (Lipinski definition) is 5. The average Bonchev–Trinajstić information content (AvgIpc) is 3.25. The number of carbonyl (C=O) groups excluding carboxylic acids is 1. The molecule has 0 saturated carbocycles. The Morgan fingerprint density at radius 2 is 1.56 bits per heavy atom. The summed E-state index contributed by atoms with van der Waals surface area (Å²) in [6.07, 6.45) is -10.1. The highest BCUT2D eigenvalue weighted by Gasteiger charge is 2.43. The number of cyclic esters (lactones) is 1. The molecule has 5 rings (SSSR count). The standard InChI is InChI=1S/C31H22F7N3O4/c1-15-9-18(28(42)43)3-5-22(15)17-4-6-24(32)23(12-17)26-25(39-7-8-40-26)14-41-16(2)27(45-29(41)44)19-10-20(30(33,34)35)13-21(11-19)31(36,37)38/h3-13,16,27H,14H2,1-2H3,(H,42,43)/t16-,27-/m0/s1. The summed E-state index contributed by atoms with van der Waals surface area (Å²) in [5.41, 5.74) is -1.68. The maximum atomic E-state index is 15.2. The molecule has 1 saturated heterocycles. The minimum absolute atomic E-state index is 0.0122. The molecule has 1 aliphatic heterocycles. The zero-order valence-corrected chi connectivity index (χ0v) is 23.4. The smallest absolute Gasteiger partial charge is 0.416 e. The van der Waals surface area contributed by atoms with Crippen molar-refractivity contribution in [2.45, 2.75) is 44.9 Å². The van der Waals surface area contributed by atoms with Gasteiger partial charge in [-0.05, 0) is 78.6 Å². The lowest BCUT2D eigenvalue weighted by molar-refractivity contribution is -0.143. The molecule has 3 aromatic carbocycles. The van der Waals surface area contributed by atoms with Gasteiger partial charge in [-0.1, -0.05) is 12.1 Å². The number of amides is 1. The molecule has 1 amide bonds. The summed E-state index contributed by atoms with van der Waals surface area (Å²) in [5.74, 6) is -1.81. The molecule has 4 aromatic rings. The maximum Gasteiger partial charge on any atom is 0.416 e. The quantitative estimate of drug-likeness (QED) is 0.216. The van der Waals surface area contributed by atoms with E-state index < -0.39 is 59.1 Å². The van der Waals surface area contributed by atoms with E-state index in [1.807, 2.05) is 0 Å². The van der Waals surface area contributed by atoms with Crippen LogP contribution in [-0.2, 0) is 23.6 Å². The number of ether oxygens (including phenoxy) is 1. The predicted octanol–water partition coefficient (Wildman–Crippen LogP) is 8.08. The third-order valence-electron chi connectivity index (χ3n) is 7.43. The number of nitrogens with zero attached hydrogens (tertiary/aromatic N) is 3. The summed E-state index contributed by atoms with van der Waals surface area (Å²) in [6.45, 7) is 2.72. The van der Waals surface area contributed by atoms with Crippen LogP contribution in [0.15, 0.2) is 67.0 Å². The van der Waals surface area contributed by atoms with Gasteiger partial charge in [-0.3, -0.25) is 14.9 Å². The third kappa shape index (κ3) is 6.30. The second-order valence-corrected chi connectivity index (χ2v) is 10.4. The van der Waals surface area contributed by atoms with E-state index in [1.165, 1.54) is 49.6 Å². The lowest BCUT2D eigenvalue weighted by Gasteiger charge is -2.23. The van der Waals surface area contributed by atoms with Crippen LogP contribution in [0.3, 0.4) is 0 Å². The highest BCUT2D eigenvalue weighted by atomic mass is 19.4. The van der Waals surface area contributed by atoms with Crippen molar-refractivity contribution in [1.82, 2.24) is 14.9 Å². The maximum absolute atomic E-state index is 15.2. The molecule has 0 bridgehead atoms. The normalized spacial score (nSPS) is 17.0. The third-order valence-corrected chi connectivity index (χ3v) is 7.43. The summed E-state index contributed by atoms with van der Waals surface area (Å²) in [6, 6.07) is 8.54. The second-order valence-electron chi connectivity index (χ2n) is 10.4. The van der Waals surface area contributed by atoms with Crippen LogP contribution in [0.2, 0.25) is 0 Å². The Morgan fingerprint density at radius 3 is 2.16 bits per heavy atom. The van der Waals surface area contributed by atoms with Gasteiger partial charge in [-0.25, -0.2) is 14.0 Å². The molecule has 7 nitrogen and oxygen atoms in total. The fourth-order valence-electron chi connectivity index (χ4n) is 5.17. The topological polar surface area (TPSA) is 92.6 Å². The fraction of sp³-hybridized carbons (Fsp3) is 0.226. The molecule has 2 atom stereocenters. The second kappa shape index (κ2) is 11.5. The minimum Gasteiger partial charge on any atom is -0.478 e. The molecular weight excluding hydrogens is 611 g/mol. The van der Waals surface area contributed by atoms with E-state index in [-0.39, 0.29) is 35.1 Å². The van der Waals surface area contributed by atoms with Crippen molar-refractivity contribution in [1.29, 1.82) is 0 Å². The first kappa shape index (κ1) is 31.4. The molecule has 0 radical (unpaired) electrons. The van der Waals surface area contributed by atoms with Crippen molar-refractivity contribution in [3.8, 4) is 22.4 Å². The van der Waals surface area contributed by atoms with Gasteiger partial charge >= 0.3 is 24.4 Å². The number of benzene rings is 3. The minimum atomic E-state index is -5.09. The molecule has 0 spiro atoms. The molecule has 14 heteroatoms. The summed E-state index contributed by atoms with van der Waals surface area (Å²) in [5, 5.41) is 9.26. The van der Waals surface area contributed by atoms with E-state index in [0.29, 0.717) is 28.8 Å². The predicted molar refractivity (Wildman–Crippen MR) is 145 cm³/mol. The number of hydrogen-bond donors (Lipinski definition) is 1. The number of aromatic carboxylic acids is 1. The molecule has 1 aromatic heterocycles. The first-order valence-electron chi connectivity index (χ1n) is 13.3. The van der Waals surface area contributed by atoms with Crippen molar-refractivity contribution < 1.29 is 50.2 Å². The van der Waals surface area contributed by atoms with Gasteiger partial charge in [-0.15, -0.1) is 0 Å². The first-order valence-corrected chi connectivity index (χ1v) is 13.3. The largest absolute Gasteiger partial charge is 0.478 e. The van der Waals surface area contributed by atoms with Crippen LogP contribution < -0.4 is 0 Å². The van der Waals surface area contributed by atoms with E-state index >= 15 is 4.39 Å². The Bertz CT molecular complexity index is 1770. The SMILES string of the molecule is Cc1cc(C(=O)O)ccc1-c1ccc(F)c(-c2nccnc2CN2C(=O)O[C@H](c3cc(C(F)(F)F)cc(C(F)(F)F)c3)[C@@H]2C)c1. The molecule has 45 heavy (non-hydrogen) atoms. The zero-order valence-electron chi connectivity index (χ0n) is 23.4. The lowest BCUT2D eigenvalue weighted by Crippen LogP contribution is -2.32. The number of alkyl halides is 6. The molecule has 1 aliphatic rings. The van der Waals surface area contributed by atoms with Crippen molar-refractivity contribution in [2.24, 2.45) is 0 Å². The van der Waals surface area contributed by atoms with Gasteiger partial charge in [0.15, 0.2) is 0 Å². The lowest BCUT2D eigenvalue weighted by atomic mass is 9.95. The van der Waals surface area contributed by atoms with Gasteiger partial charge < -0.3 is 9.84 Å². The molecule has 0 aliphatic carbocycles. The van der Waals surface area contributed by atoms with E-state index in [2.05, 4.69) is 9.97 Å². The summed E-state index contributed by atoms with van der Waals surface area (Å²) < 4.78 is 101. The van der Waals surface area contributed by atoms with Gasteiger partial charge in [0.2, 0.25) is 0 Å². The highest BCUT2D eigenvalue weighted by molar-refractivity contribution is 5.89. The Labute approximate surface area is 250 Å². The Balaban J connectivity index is 1.49. The van der Waals surface area contributed by atoms with Crippen LogP contribution in [0, 0.1) is 12.7 Å². The van der Waals surface area contributed by atoms with Gasteiger partial charge in [0.05, 0.1) is 40.7 Å². The van der Waals surface area contributed by atoms with Crippen LogP contribution in [-0.4, -0.2) is 38.1 Å². The zero-order chi connectivity index (χ0) is 32.8. The molecule has 0 unspecified atom stereocenters. The van der Waals surface area contributed by atoms with Crippen molar-refractivity contribution >= 4 is 12.1 Å². The number of halogens is 7. The first-order chi connectivity index (χ1) is 21.0. The van der Waals surface area contributed by atoms with Crippen LogP contribution in [0.1, 0.15) is 51.3 Å². The van der Waals surface area contributed by atoms with Crippen LogP contribution in [0.4, 0.5) is 35.5 Å². The van der Waals surface area contributed by atoms with Gasteiger partial charge in [0, 0.05) is 18.0 Å². The highest BCUT2D eigenvalue weighted by Crippen LogP contribution is 2.41. The number of rotatable bonds is 6. The number of aromatic nitrogens is 2.